The summed E-state index contributed by atoms with van der Waals surface area (Å²) in [5.41, 5.74) is 0.581. The van der Waals surface area contributed by atoms with Crippen molar-refractivity contribution in [1.29, 1.82) is 0 Å². The van der Waals surface area contributed by atoms with Crippen LogP contribution >= 0.6 is 0 Å². The summed E-state index contributed by atoms with van der Waals surface area (Å²) in [6.45, 7) is 2.04. The molecule has 3 rings (SSSR count). The summed E-state index contributed by atoms with van der Waals surface area (Å²) in [6.07, 6.45) is 2.40. The number of urea groups is 1. The first-order valence-electron chi connectivity index (χ1n) is 7.55. The Labute approximate surface area is 133 Å². The number of halogens is 1. The first-order chi connectivity index (χ1) is 11.0. The van der Waals surface area contributed by atoms with E-state index in [1.54, 1.807) is 22.9 Å². The van der Waals surface area contributed by atoms with Crippen molar-refractivity contribution in [3.05, 3.63) is 41.8 Å². The molecule has 1 fully saturated rings. The van der Waals surface area contributed by atoms with Crippen molar-refractivity contribution in [1.82, 2.24) is 15.1 Å². The van der Waals surface area contributed by atoms with Gasteiger partial charge in [-0.2, -0.15) is 0 Å². The van der Waals surface area contributed by atoms with Crippen LogP contribution in [0.2, 0.25) is 0 Å². The van der Waals surface area contributed by atoms with E-state index >= 15 is 0 Å². The Morgan fingerprint density at radius 3 is 2.87 bits per heavy atom. The molecule has 1 aliphatic carbocycles. The summed E-state index contributed by atoms with van der Waals surface area (Å²) >= 11 is 0. The van der Waals surface area contributed by atoms with E-state index in [9.17, 15) is 14.3 Å². The standard InChI is InChI=1S/C16H19FN4O2/c1-11-8-14(19-15(22)18-10-16(23)6-3-7-16)20-21(11)13-5-2-4-12(17)9-13/h2,4-5,8-9,23H,3,6-7,10H2,1H3,(H2,18,19,20,22). The lowest BCUT2D eigenvalue weighted by atomic mass is 9.80. The van der Waals surface area contributed by atoms with Gasteiger partial charge in [0.15, 0.2) is 5.82 Å². The molecule has 1 aliphatic rings. The Morgan fingerprint density at radius 2 is 2.22 bits per heavy atom. The van der Waals surface area contributed by atoms with Crippen LogP contribution in [0.15, 0.2) is 30.3 Å². The molecule has 3 N–H and O–H groups in total. The minimum absolute atomic E-state index is 0.225. The summed E-state index contributed by atoms with van der Waals surface area (Å²) in [5.74, 6) is 0.0169. The van der Waals surface area contributed by atoms with Crippen LogP contribution in [0, 0.1) is 12.7 Å². The zero-order chi connectivity index (χ0) is 16.4. The number of carbonyl (C=O) groups is 1. The topological polar surface area (TPSA) is 79.2 Å². The van der Waals surface area contributed by atoms with Crippen molar-refractivity contribution in [2.45, 2.75) is 31.8 Å². The molecule has 1 heterocycles. The Hall–Kier alpha value is -2.41. The van der Waals surface area contributed by atoms with Gasteiger partial charge in [-0.15, -0.1) is 5.10 Å². The van der Waals surface area contributed by atoms with Crippen molar-refractivity contribution in [3.8, 4) is 5.69 Å². The molecule has 0 saturated heterocycles. The van der Waals surface area contributed by atoms with Gasteiger partial charge in [-0.3, -0.25) is 5.32 Å². The van der Waals surface area contributed by atoms with Crippen molar-refractivity contribution in [2.24, 2.45) is 0 Å². The predicted octanol–water partition coefficient (Wildman–Crippen LogP) is 2.36. The van der Waals surface area contributed by atoms with Gasteiger partial charge in [-0.05, 0) is 44.4 Å². The minimum atomic E-state index is -0.770. The number of rotatable bonds is 4. The zero-order valence-electron chi connectivity index (χ0n) is 12.8. The van der Waals surface area contributed by atoms with Gasteiger partial charge in [0.25, 0.3) is 0 Å². The van der Waals surface area contributed by atoms with Crippen LogP contribution < -0.4 is 10.6 Å². The molecule has 23 heavy (non-hydrogen) atoms. The van der Waals surface area contributed by atoms with Gasteiger partial charge < -0.3 is 10.4 Å². The molecule has 6 nitrogen and oxygen atoms in total. The molecule has 2 amide bonds. The normalized spacial score (nSPS) is 15.8. The van der Waals surface area contributed by atoms with Crippen molar-refractivity contribution in [3.63, 3.8) is 0 Å². The average Bonchev–Trinajstić information content (AvgIpc) is 2.84. The van der Waals surface area contributed by atoms with E-state index in [0.29, 0.717) is 24.3 Å². The molecule has 0 bridgehead atoms. The maximum absolute atomic E-state index is 13.3. The Bertz CT molecular complexity index is 725. The lowest BCUT2D eigenvalue weighted by Crippen LogP contribution is -2.48. The minimum Gasteiger partial charge on any atom is -0.388 e. The predicted molar refractivity (Wildman–Crippen MR) is 84.1 cm³/mol. The molecule has 0 unspecified atom stereocenters. The summed E-state index contributed by atoms with van der Waals surface area (Å²) in [5, 5.41) is 19.5. The number of anilines is 1. The lowest BCUT2D eigenvalue weighted by Gasteiger charge is -2.36. The highest BCUT2D eigenvalue weighted by Gasteiger charge is 2.34. The third-order valence-electron chi connectivity index (χ3n) is 4.04. The van der Waals surface area contributed by atoms with Gasteiger partial charge in [0.05, 0.1) is 11.3 Å². The van der Waals surface area contributed by atoms with Crippen molar-refractivity contribution >= 4 is 11.8 Å². The highest BCUT2D eigenvalue weighted by atomic mass is 19.1. The first-order valence-corrected chi connectivity index (χ1v) is 7.55. The molecule has 0 aliphatic heterocycles. The van der Waals surface area contributed by atoms with E-state index in [0.717, 1.165) is 12.1 Å². The first kappa shape index (κ1) is 15.5. The number of aliphatic hydroxyl groups is 1. The fourth-order valence-electron chi connectivity index (χ4n) is 2.57. The van der Waals surface area contributed by atoms with Crippen LogP contribution in [-0.2, 0) is 0 Å². The molecule has 1 aromatic carbocycles. The van der Waals surface area contributed by atoms with E-state index in [2.05, 4.69) is 15.7 Å². The molecule has 1 saturated carbocycles. The molecule has 0 spiro atoms. The van der Waals surface area contributed by atoms with Crippen molar-refractivity contribution < 1.29 is 14.3 Å². The van der Waals surface area contributed by atoms with Gasteiger partial charge in [0.1, 0.15) is 5.82 Å². The summed E-state index contributed by atoms with van der Waals surface area (Å²) in [7, 11) is 0. The molecule has 1 aromatic heterocycles. The molecule has 0 atom stereocenters. The highest BCUT2D eigenvalue weighted by Crippen LogP contribution is 2.30. The Balaban J connectivity index is 1.65. The highest BCUT2D eigenvalue weighted by molar-refractivity contribution is 5.88. The quantitative estimate of drug-likeness (QED) is 0.809. The van der Waals surface area contributed by atoms with Gasteiger partial charge >= 0.3 is 6.03 Å². The monoisotopic (exact) mass is 318 g/mol. The van der Waals surface area contributed by atoms with Crippen LogP contribution in [0.5, 0.6) is 0 Å². The van der Waals surface area contributed by atoms with E-state index in [4.69, 9.17) is 0 Å². The lowest BCUT2D eigenvalue weighted by molar-refractivity contribution is -0.0287. The second-order valence-electron chi connectivity index (χ2n) is 5.95. The second-order valence-corrected chi connectivity index (χ2v) is 5.95. The summed E-state index contributed by atoms with van der Waals surface area (Å²) in [4.78, 5) is 11.9. The second kappa shape index (κ2) is 6.00. The number of nitrogens with one attached hydrogen (secondary N) is 2. The van der Waals surface area contributed by atoms with Gasteiger partial charge in [0.2, 0.25) is 0 Å². The molecular weight excluding hydrogens is 299 g/mol. The summed E-state index contributed by atoms with van der Waals surface area (Å²) < 4.78 is 14.9. The fourth-order valence-corrected chi connectivity index (χ4v) is 2.57. The number of hydrogen-bond acceptors (Lipinski definition) is 3. The van der Waals surface area contributed by atoms with Crippen LogP contribution in [0.1, 0.15) is 25.0 Å². The molecule has 7 heteroatoms. The van der Waals surface area contributed by atoms with E-state index < -0.39 is 11.6 Å². The molecule has 0 radical (unpaired) electrons. The SMILES string of the molecule is Cc1cc(NC(=O)NCC2(O)CCC2)nn1-c1cccc(F)c1. The average molecular weight is 318 g/mol. The number of hydrogen-bond donors (Lipinski definition) is 3. The van der Waals surface area contributed by atoms with Gasteiger partial charge in [-0.25, -0.2) is 13.9 Å². The largest absolute Gasteiger partial charge is 0.388 e. The van der Waals surface area contributed by atoms with Gasteiger partial charge in [0, 0.05) is 18.3 Å². The number of nitrogens with zero attached hydrogens (tertiary/aromatic N) is 2. The molecule has 122 valence electrons. The smallest absolute Gasteiger partial charge is 0.320 e. The van der Waals surface area contributed by atoms with Crippen LogP contribution in [0.3, 0.4) is 0 Å². The Morgan fingerprint density at radius 1 is 1.43 bits per heavy atom. The van der Waals surface area contributed by atoms with E-state index in [1.807, 2.05) is 6.92 Å². The number of aryl methyl sites for hydroxylation is 1. The number of carbonyl (C=O) groups excluding carboxylic acids is 1. The van der Waals surface area contributed by atoms with E-state index in [1.165, 1.54) is 12.1 Å². The third kappa shape index (κ3) is 3.50. The molecule has 2 aromatic rings. The Kier molecular flexibility index (Phi) is 4.04. The molecular formula is C16H19FN4O2. The maximum Gasteiger partial charge on any atom is 0.320 e. The number of amides is 2. The third-order valence-corrected chi connectivity index (χ3v) is 4.04. The van der Waals surface area contributed by atoms with E-state index in [-0.39, 0.29) is 12.4 Å². The van der Waals surface area contributed by atoms with Crippen LogP contribution in [0.4, 0.5) is 15.0 Å². The van der Waals surface area contributed by atoms with Crippen LogP contribution in [0.25, 0.3) is 5.69 Å². The maximum atomic E-state index is 13.3. The van der Waals surface area contributed by atoms with Crippen molar-refractivity contribution in [2.75, 3.05) is 11.9 Å². The fraction of sp³-hybridized carbons (Fsp3) is 0.375. The number of benzene rings is 1. The zero-order valence-corrected chi connectivity index (χ0v) is 12.8. The summed E-state index contributed by atoms with van der Waals surface area (Å²) in [6, 6.07) is 7.34. The van der Waals surface area contributed by atoms with Gasteiger partial charge in [-0.1, -0.05) is 6.07 Å². The number of aromatic nitrogens is 2. The van der Waals surface area contributed by atoms with Crippen LogP contribution in [-0.4, -0.2) is 33.1 Å².